The van der Waals surface area contributed by atoms with Gasteiger partial charge in [-0.15, -0.1) is 0 Å². The monoisotopic (exact) mass is 343 g/mol. The van der Waals surface area contributed by atoms with E-state index in [4.69, 9.17) is 4.74 Å². The molecule has 0 radical (unpaired) electrons. The lowest BCUT2D eigenvalue weighted by Crippen LogP contribution is -2.60. The highest BCUT2D eigenvalue weighted by atomic mass is 19.4. The molecule has 132 valence electrons. The van der Waals surface area contributed by atoms with Crippen LogP contribution in [0.15, 0.2) is 18.3 Å². The van der Waals surface area contributed by atoms with Crippen LogP contribution in [-0.4, -0.2) is 41.2 Å². The van der Waals surface area contributed by atoms with Crippen LogP contribution in [-0.2, 0) is 6.18 Å². The minimum atomic E-state index is -4.42. The molecule has 0 atom stereocenters. The third kappa shape index (κ3) is 4.10. The van der Waals surface area contributed by atoms with Gasteiger partial charge in [0, 0.05) is 18.3 Å². The summed E-state index contributed by atoms with van der Waals surface area (Å²) in [4.78, 5) is 17.5. The number of nitrogens with one attached hydrogen (secondary N) is 1. The van der Waals surface area contributed by atoms with E-state index < -0.39 is 11.7 Å². The Morgan fingerprint density at radius 1 is 1.25 bits per heavy atom. The predicted molar refractivity (Wildman–Crippen MR) is 80.6 cm³/mol. The van der Waals surface area contributed by atoms with Crippen molar-refractivity contribution in [1.82, 2.24) is 15.2 Å². The molecule has 24 heavy (non-hydrogen) atoms. The van der Waals surface area contributed by atoms with Crippen LogP contribution in [0.4, 0.5) is 18.0 Å². The Labute approximate surface area is 138 Å². The summed E-state index contributed by atoms with van der Waals surface area (Å²) in [6, 6.07) is 1.89. The summed E-state index contributed by atoms with van der Waals surface area (Å²) in [5.41, 5.74) is -0.793. The highest BCUT2D eigenvalue weighted by Crippen LogP contribution is 2.31. The van der Waals surface area contributed by atoms with E-state index in [1.807, 2.05) is 0 Å². The van der Waals surface area contributed by atoms with Crippen LogP contribution >= 0.6 is 0 Å². The third-order valence-corrected chi connectivity index (χ3v) is 4.42. The molecule has 0 unspecified atom stereocenters. The fourth-order valence-electron chi connectivity index (χ4n) is 3.01. The van der Waals surface area contributed by atoms with Crippen LogP contribution in [0.3, 0.4) is 0 Å². The van der Waals surface area contributed by atoms with Gasteiger partial charge >= 0.3 is 12.2 Å². The van der Waals surface area contributed by atoms with E-state index >= 15 is 0 Å². The normalized spacial score (nSPS) is 19.7. The molecule has 1 aromatic rings. The van der Waals surface area contributed by atoms with Crippen molar-refractivity contribution in [2.75, 3.05) is 13.1 Å². The molecule has 8 heteroatoms. The molecule has 0 aromatic carbocycles. The second-order valence-electron chi connectivity index (χ2n) is 6.31. The van der Waals surface area contributed by atoms with E-state index in [-0.39, 0.29) is 24.1 Å². The van der Waals surface area contributed by atoms with Crippen LogP contribution in [0.1, 0.15) is 37.7 Å². The van der Waals surface area contributed by atoms with Crippen molar-refractivity contribution in [3.8, 4) is 5.88 Å². The molecular formula is C16H20F3N3O2. The first kappa shape index (κ1) is 16.9. The third-order valence-electron chi connectivity index (χ3n) is 4.42. The summed E-state index contributed by atoms with van der Waals surface area (Å²) in [6.45, 7) is 0.715. The topological polar surface area (TPSA) is 54.5 Å². The molecule has 0 spiro atoms. The predicted octanol–water partition coefficient (Wildman–Crippen LogP) is 3.21. The summed E-state index contributed by atoms with van der Waals surface area (Å²) in [6.07, 6.45) is 1.84. The smallest absolute Gasteiger partial charge is 0.416 e. The number of urea groups is 1. The molecule has 1 N–H and O–H groups in total. The van der Waals surface area contributed by atoms with Crippen LogP contribution in [0, 0.1) is 0 Å². The SMILES string of the molecule is O=C(NC1CCCCC1)N1CC(Oc2cc(C(F)(F)F)ccn2)C1. The summed E-state index contributed by atoms with van der Waals surface area (Å²) >= 11 is 0. The lowest BCUT2D eigenvalue weighted by molar-refractivity contribution is -0.137. The molecule has 2 heterocycles. The van der Waals surface area contributed by atoms with Gasteiger partial charge in [0.1, 0.15) is 6.10 Å². The fourth-order valence-corrected chi connectivity index (χ4v) is 3.01. The lowest BCUT2D eigenvalue weighted by Gasteiger charge is -2.39. The minimum Gasteiger partial charge on any atom is -0.471 e. The average Bonchev–Trinajstić information content (AvgIpc) is 2.51. The number of carbonyl (C=O) groups is 1. The highest BCUT2D eigenvalue weighted by molar-refractivity contribution is 5.75. The molecule has 1 aliphatic heterocycles. The average molecular weight is 343 g/mol. The number of pyridine rings is 1. The Morgan fingerprint density at radius 3 is 2.62 bits per heavy atom. The van der Waals surface area contributed by atoms with Crippen molar-refractivity contribution in [2.24, 2.45) is 0 Å². The van der Waals surface area contributed by atoms with E-state index in [1.165, 1.54) is 6.42 Å². The van der Waals surface area contributed by atoms with Crippen LogP contribution in [0.25, 0.3) is 0 Å². The Balaban J connectivity index is 1.46. The molecule has 0 bridgehead atoms. The molecular weight excluding hydrogens is 323 g/mol. The van der Waals surface area contributed by atoms with Crippen molar-refractivity contribution in [3.05, 3.63) is 23.9 Å². The number of alkyl halides is 3. The van der Waals surface area contributed by atoms with Gasteiger partial charge in [-0.05, 0) is 18.9 Å². The molecule has 1 saturated carbocycles. The summed E-state index contributed by atoms with van der Waals surface area (Å²) < 4.78 is 43.4. The molecule has 2 amide bonds. The number of ether oxygens (including phenoxy) is 1. The number of amides is 2. The van der Waals surface area contributed by atoms with E-state index in [2.05, 4.69) is 10.3 Å². The summed E-state index contributed by atoms with van der Waals surface area (Å²) in [5.74, 6) is -0.0674. The van der Waals surface area contributed by atoms with Crippen LogP contribution < -0.4 is 10.1 Å². The molecule has 2 aliphatic rings. The number of carbonyl (C=O) groups excluding carboxylic acids is 1. The number of nitrogens with zero attached hydrogens (tertiary/aromatic N) is 2. The van der Waals surface area contributed by atoms with Crippen molar-refractivity contribution in [2.45, 2.75) is 50.4 Å². The second kappa shape index (κ2) is 6.86. The van der Waals surface area contributed by atoms with Gasteiger partial charge in [0.2, 0.25) is 5.88 Å². The minimum absolute atomic E-state index is 0.0674. The van der Waals surface area contributed by atoms with Crippen LogP contribution in [0.2, 0.25) is 0 Å². The lowest BCUT2D eigenvalue weighted by atomic mass is 9.95. The van der Waals surface area contributed by atoms with Gasteiger partial charge in [-0.2, -0.15) is 13.2 Å². The van der Waals surface area contributed by atoms with Crippen molar-refractivity contribution < 1.29 is 22.7 Å². The highest BCUT2D eigenvalue weighted by Gasteiger charge is 2.35. The Bertz CT molecular complexity index is 582. The molecule has 5 nitrogen and oxygen atoms in total. The quantitative estimate of drug-likeness (QED) is 0.917. The first-order valence-electron chi connectivity index (χ1n) is 8.17. The van der Waals surface area contributed by atoms with Gasteiger partial charge in [-0.1, -0.05) is 19.3 Å². The molecule has 1 aromatic heterocycles. The van der Waals surface area contributed by atoms with Gasteiger partial charge in [0.05, 0.1) is 18.7 Å². The fraction of sp³-hybridized carbons (Fsp3) is 0.625. The van der Waals surface area contributed by atoms with Crippen molar-refractivity contribution in [3.63, 3.8) is 0 Å². The number of rotatable bonds is 3. The van der Waals surface area contributed by atoms with Crippen LogP contribution in [0.5, 0.6) is 5.88 Å². The van der Waals surface area contributed by atoms with E-state index in [1.54, 1.807) is 4.90 Å². The van der Waals surface area contributed by atoms with Gasteiger partial charge < -0.3 is 15.0 Å². The number of hydrogen-bond acceptors (Lipinski definition) is 3. The first-order chi connectivity index (χ1) is 11.4. The molecule has 1 saturated heterocycles. The van der Waals surface area contributed by atoms with E-state index in [9.17, 15) is 18.0 Å². The molecule has 3 rings (SSSR count). The Morgan fingerprint density at radius 2 is 1.96 bits per heavy atom. The van der Waals surface area contributed by atoms with E-state index in [0.717, 1.165) is 44.0 Å². The second-order valence-corrected chi connectivity index (χ2v) is 6.31. The van der Waals surface area contributed by atoms with Gasteiger partial charge in [0.25, 0.3) is 0 Å². The standard InChI is InChI=1S/C16H20F3N3O2/c17-16(18,19)11-6-7-20-14(8-11)24-13-9-22(10-13)15(23)21-12-4-2-1-3-5-12/h6-8,12-13H,1-5,9-10H2,(H,21,23). The Kier molecular flexibility index (Phi) is 4.82. The maximum absolute atomic E-state index is 12.6. The number of halogens is 3. The zero-order valence-electron chi connectivity index (χ0n) is 13.2. The molecule has 1 aliphatic carbocycles. The first-order valence-corrected chi connectivity index (χ1v) is 8.17. The Hall–Kier alpha value is -1.99. The summed E-state index contributed by atoms with van der Waals surface area (Å²) in [5, 5.41) is 3.00. The number of hydrogen-bond donors (Lipinski definition) is 1. The van der Waals surface area contributed by atoms with Crippen molar-refractivity contribution in [1.29, 1.82) is 0 Å². The number of likely N-dealkylation sites (tertiary alicyclic amines) is 1. The summed E-state index contributed by atoms with van der Waals surface area (Å²) in [7, 11) is 0. The van der Waals surface area contributed by atoms with Crippen molar-refractivity contribution >= 4 is 6.03 Å². The largest absolute Gasteiger partial charge is 0.471 e. The van der Waals surface area contributed by atoms with Gasteiger partial charge in [-0.3, -0.25) is 0 Å². The maximum Gasteiger partial charge on any atom is 0.416 e. The van der Waals surface area contributed by atoms with E-state index in [0.29, 0.717) is 13.1 Å². The maximum atomic E-state index is 12.6. The number of aromatic nitrogens is 1. The van der Waals surface area contributed by atoms with Gasteiger partial charge in [-0.25, -0.2) is 9.78 Å². The molecule has 2 fully saturated rings. The zero-order chi connectivity index (χ0) is 17.2. The zero-order valence-corrected chi connectivity index (χ0v) is 13.2. The van der Waals surface area contributed by atoms with Gasteiger partial charge in [0.15, 0.2) is 0 Å².